The van der Waals surface area contributed by atoms with Gasteiger partial charge >= 0.3 is 13.2 Å². The minimum atomic E-state index is -0.497. The summed E-state index contributed by atoms with van der Waals surface area (Å²) >= 11 is 0. The van der Waals surface area contributed by atoms with Crippen molar-refractivity contribution in [2.75, 3.05) is 13.1 Å². The lowest BCUT2D eigenvalue weighted by atomic mass is 9.79. The third-order valence-electron chi connectivity index (χ3n) is 6.57. The van der Waals surface area contributed by atoms with E-state index in [1.807, 2.05) is 44.1 Å². The summed E-state index contributed by atoms with van der Waals surface area (Å²) in [5.74, 6) is 0. The Hall–Kier alpha value is -2.06. The molecule has 0 radical (unpaired) electrons. The Morgan fingerprint density at radius 1 is 1.19 bits per heavy atom. The number of carbonyl (C=O) groups excluding carboxylic acids is 1. The number of hydrogen-bond acceptors (Lipinski definition) is 5. The van der Waals surface area contributed by atoms with Crippen LogP contribution in [0, 0.1) is 0 Å². The molecule has 31 heavy (non-hydrogen) atoms. The summed E-state index contributed by atoms with van der Waals surface area (Å²) in [4.78, 5) is 19.0. The van der Waals surface area contributed by atoms with Gasteiger partial charge in [-0.05, 0) is 78.9 Å². The Morgan fingerprint density at radius 2 is 1.87 bits per heavy atom. The van der Waals surface area contributed by atoms with E-state index in [1.54, 1.807) is 0 Å². The molecule has 168 valence electrons. The van der Waals surface area contributed by atoms with E-state index in [2.05, 4.69) is 43.3 Å². The quantitative estimate of drug-likeness (QED) is 0.680. The number of nitrogens with zero attached hydrogens (tertiary/aromatic N) is 3. The third kappa shape index (κ3) is 4.33. The highest BCUT2D eigenvalue weighted by atomic mass is 16.7. The van der Waals surface area contributed by atoms with E-state index in [0.717, 1.165) is 35.9 Å². The van der Waals surface area contributed by atoms with Crippen LogP contribution in [0.3, 0.4) is 0 Å². The predicted octanol–water partition coefficient (Wildman–Crippen LogP) is 3.91. The first kappa shape index (κ1) is 22.2. The summed E-state index contributed by atoms with van der Waals surface area (Å²) in [6.07, 6.45) is 3.55. The highest BCUT2D eigenvalue weighted by Gasteiger charge is 2.51. The molecule has 1 aromatic heterocycles. The van der Waals surface area contributed by atoms with Gasteiger partial charge in [0.2, 0.25) is 0 Å². The number of fused-ring (bicyclic) bond motifs is 1. The molecule has 3 heterocycles. The third-order valence-corrected chi connectivity index (χ3v) is 6.57. The second-order valence-electron chi connectivity index (χ2n) is 10.7. The van der Waals surface area contributed by atoms with Crippen LogP contribution in [-0.4, -0.2) is 57.6 Å². The molecule has 0 N–H and O–H groups in total. The molecular weight excluding hydrogens is 393 g/mol. The summed E-state index contributed by atoms with van der Waals surface area (Å²) < 4.78 is 20.2. The second kappa shape index (κ2) is 7.52. The number of piperidine rings is 1. The van der Waals surface area contributed by atoms with Crippen molar-refractivity contribution in [1.82, 2.24) is 14.5 Å². The van der Waals surface area contributed by atoms with Gasteiger partial charge in [0, 0.05) is 13.1 Å². The van der Waals surface area contributed by atoms with Gasteiger partial charge in [-0.15, -0.1) is 0 Å². The average Bonchev–Trinajstić information content (AvgIpc) is 3.17. The van der Waals surface area contributed by atoms with E-state index in [9.17, 15) is 4.79 Å². The van der Waals surface area contributed by atoms with E-state index < -0.39 is 12.7 Å². The Balaban J connectivity index is 1.58. The Bertz CT molecular complexity index is 963. The summed E-state index contributed by atoms with van der Waals surface area (Å²) in [5, 5.41) is 0. The maximum atomic E-state index is 12.6. The number of rotatable bonds is 2. The van der Waals surface area contributed by atoms with Gasteiger partial charge in [-0.3, -0.25) is 0 Å². The van der Waals surface area contributed by atoms with Crippen LogP contribution in [0.1, 0.15) is 67.3 Å². The molecule has 8 heteroatoms. The minimum absolute atomic E-state index is 0.153. The van der Waals surface area contributed by atoms with E-state index in [4.69, 9.17) is 14.0 Å². The molecule has 0 aliphatic carbocycles. The Labute approximate surface area is 185 Å². The second-order valence-corrected chi connectivity index (χ2v) is 10.7. The number of ether oxygens (including phenoxy) is 1. The SMILES string of the molecule is CC(C)(C)OC(=O)N1CCCC(n2cnc3ccc(B4OC(C)(C)C(C)(C)O4)cc32)C1. The highest BCUT2D eigenvalue weighted by Crippen LogP contribution is 2.36. The molecule has 2 aliphatic rings. The average molecular weight is 427 g/mol. The van der Waals surface area contributed by atoms with Crippen LogP contribution in [0.25, 0.3) is 11.0 Å². The van der Waals surface area contributed by atoms with E-state index >= 15 is 0 Å². The molecule has 2 aromatic rings. The van der Waals surface area contributed by atoms with Gasteiger partial charge in [0.25, 0.3) is 0 Å². The van der Waals surface area contributed by atoms with Gasteiger partial charge in [-0.1, -0.05) is 6.07 Å². The van der Waals surface area contributed by atoms with Crippen molar-refractivity contribution in [3.05, 3.63) is 24.5 Å². The first-order valence-electron chi connectivity index (χ1n) is 11.2. The number of imidazole rings is 1. The largest absolute Gasteiger partial charge is 0.494 e. The molecule has 0 spiro atoms. The van der Waals surface area contributed by atoms with Crippen LogP contribution in [0.4, 0.5) is 4.79 Å². The molecule has 7 nitrogen and oxygen atoms in total. The van der Waals surface area contributed by atoms with Gasteiger partial charge < -0.3 is 23.5 Å². The van der Waals surface area contributed by atoms with Gasteiger partial charge in [-0.25, -0.2) is 9.78 Å². The highest BCUT2D eigenvalue weighted by molar-refractivity contribution is 6.62. The van der Waals surface area contributed by atoms with E-state index in [1.165, 1.54) is 0 Å². The minimum Gasteiger partial charge on any atom is -0.444 e. The van der Waals surface area contributed by atoms with Crippen molar-refractivity contribution in [1.29, 1.82) is 0 Å². The maximum Gasteiger partial charge on any atom is 0.494 e. The lowest BCUT2D eigenvalue weighted by Gasteiger charge is -2.34. The van der Waals surface area contributed by atoms with Crippen molar-refractivity contribution < 1.29 is 18.8 Å². The molecule has 0 bridgehead atoms. The molecule has 2 aliphatic heterocycles. The van der Waals surface area contributed by atoms with Crippen molar-refractivity contribution in [3.63, 3.8) is 0 Å². The van der Waals surface area contributed by atoms with Gasteiger partial charge in [0.05, 0.1) is 34.6 Å². The zero-order chi connectivity index (χ0) is 22.6. The summed E-state index contributed by atoms with van der Waals surface area (Å²) in [6.45, 7) is 15.3. The van der Waals surface area contributed by atoms with Gasteiger partial charge in [0.1, 0.15) is 5.60 Å². The topological polar surface area (TPSA) is 65.8 Å². The Morgan fingerprint density at radius 3 is 2.52 bits per heavy atom. The molecule has 1 amide bonds. The zero-order valence-electron chi connectivity index (χ0n) is 19.8. The summed E-state index contributed by atoms with van der Waals surface area (Å²) in [5.41, 5.74) is 1.67. The summed E-state index contributed by atoms with van der Waals surface area (Å²) in [6, 6.07) is 6.30. The maximum absolute atomic E-state index is 12.6. The summed E-state index contributed by atoms with van der Waals surface area (Å²) in [7, 11) is -0.414. The van der Waals surface area contributed by atoms with Crippen molar-refractivity contribution in [3.8, 4) is 0 Å². The molecular formula is C23H34BN3O4. The van der Waals surface area contributed by atoms with Crippen LogP contribution >= 0.6 is 0 Å². The lowest BCUT2D eigenvalue weighted by Crippen LogP contribution is -2.43. The number of aromatic nitrogens is 2. The molecule has 1 unspecified atom stereocenters. The first-order valence-corrected chi connectivity index (χ1v) is 11.2. The molecule has 2 saturated heterocycles. The monoisotopic (exact) mass is 427 g/mol. The molecule has 4 rings (SSSR count). The fourth-order valence-electron chi connectivity index (χ4n) is 4.13. The molecule has 1 aromatic carbocycles. The lowest BCUT2D eigenvalue weighted by molar-refractivity contribution is 0.00578. The number of benzene rings is 1. The van der Waals surface area contributed by atoms with Crippen molar-refractivity contribution in [2.45, 2.75) is 84.2 Å². The van der Waals surface area contributed by atoms with Crippen LogP contribution < -0.4 is 5.46 Å². The van der Waals surface area contributed by atoms with Crippen LogP contribution in [0.5, 0.6) is 0 Å². The zero-order valence-corrected chi connectivity index (χ0v) is 19.8. The normalized spacial score (nSPS) is 23.4. The molecule has 1 atom stereocenters. The number of hydrogen-bond donors (Lipinski definition) is 0. The van der Waals surface area contributed by atoms with Crippen LogP contribution in [0.15, 0.2) is 24.5 Å². The van der Waals surface area contributed by atoms with E-state index in [0.29, 0.717) is 6.54 Å². The number of likely N-dealkylation sites (tertiary alicyclic amines) is 1. The van der Waals surface area contributed by atoms with Crippen LogP contribution in [0.2, 0.25) is 0 Å². The predicted molar refractivity (Wildman–Crippen MR) is 122 cm³/mol. The standard InChI is InChI=1S/C23H34BN3O4/c1-21(2,3)29-20(28)26-12-8-9-17(14-26)27-15-25-18-11-10-16(13-19(18)27)24-30-22(4,5)23(6,7)31-24/h10-11,13,15,17H,8-9,12,14H2,1-7H3. The molecule has 2 fully saturated rings. The van der Waals surface area contributed by atoms with Crippen LogP contribution in [-0.2, 0) is 14.0 Å². The van der Waals surface area contributed by atoms with Gasteiger partial charge in [-0.2, -0.15) is 0 Å². The van der Waals surface area contributed by atoms with Crippen molar-refractivity contribution >= 4 is 29.7 Å². The molecule has 0 saturated carbocycles. The first-order chi connectivity index (χ1) is 14.4. The fourth-order valence-corrected chi connectivity index (χ4v) is 4.13. The fraction of sp³-hybridized carbons (Fsp3) is 0.652. The van der Waals surface area contributed by atoms with E-state index in [-0.39, 0.29) is 23.3 Å². The number of amides is 1. The van der Waals surface area contributed by atoms with Crippen molar-refractivity contribution in [2.24, 2.45) is 0 Å². The van der Waals surface area contributed by atoms with Gasteiger partial charge in [0.15, 0.2) is 0 Å². The Kier molecular flexibility index (Phi) is 5.37. The smallest absolute Gasteiger partial charge is 0.444 e. The number of carbonyl (C=O) groups is 1.